The molecule has 1 saturated heterocycles. The van der Waals surface area contributed by atoms with Crippen LogP contribution in [0.25, 0.3) is 0 Å². The summed E-state index contributed by atoms with van der Waals surface area (Å²) in [4.78, 5) is 3.89. The lowest BCUT2D eigenvalue weighted by atomic mass is 9.68. The van der Waals surface area contributed by atoms with Crippen molar-refractivity contribution in [2.24, 2.45) is 5.41 Å². The summed E-state index contributed by atoms with van der Waals surface area (Å²) in [7, 11) is 0. The van der Waals surface area contributed by atoms with Gasteiger partial charge < -0.3 is 19.3 Å². The molecule has 2 unspecified atom stereocenters. The maximum Gasteiger partial charge on any atom is 0.573 e. The first-order valence-corrected chi connectivity index (χ1v) is 9.16. The largest absolute Gasteiger partial charge is 0.573 e. The van der Waals surface area contributed by atoms with Crippen LogP contribution in [0.3, 0.4) is 0 Å². The number of nitrogens with zero attached hydrogens (tertiary/aromatic N) is 3. The number of halogens is 4. The molecule has 1 aliphatic heterocycles. The van der Waals surface area contributed by atoms with Gasteiger partial charge in [-0.3, -0.25) is 0 Å². The number of hydrogen-bond donors (Lipinski definition) is 1. The first-order chi connectivity index (χ1) is 13.5. The molecule has 1 aromatic heterocycles. The van der Waals surface area contributed by atoms with Crippen molar-refractivity contribution in [1.82, 2.24) is 14.8 Å². The molecule has 0 aliphatic carbocycles. The van der Waals surface area contributed by atoms with Gasteiger partial charge in [-0.1, -0.05) is 31.5 Å². The molecule has 11 heteroatoms. The SMILES string of the molecule is CC(C)(Cc1ccc(OC(F)(F)F)c(Cl)c1)C(O)(Cn1cncn1)C1COCO1. The van der Waals surface area contributed by atoms with E-state index in [0.717, 1.165) is 6.07 Å². The van der Waals surface area contributed by atoms with Crippen molar-refractivity contribution in [1.29, 1.82) is 0 Å². The molecule has 2 aromatic rings. The molecule has 0 amide bonds. The van der Waals surface area contributed by atoms with E-state index in [1.54, 1.807) is 0 Å². The lowest BCUT2D eigenvalue weighted by Crippen LogP contribution is -2.58. The summed E-state index contributed by atoms with van der Waals surface area (Å²) < 4.78 is 53.6. The van der Waals surface area contributed by atoms with E-state index >= 15 is 0 Å². The molecular formula is C18H21ClF3N3O4. The molecule has 2 heterocycles. The third-order valence-electron chi connectivity index (χ3n) is 5.06. The molecule has 0 spiro atoms. The summed E-state index contributed by atoms with van der Waals surface area (Å²) in [5, 5.41) is 15.5. The van der Waals surface area contributed by atoms with Crippen molar-refractivity contribution in [3.63, 3.8) is 0 Å². The van der Waals surface area contributed by atoms with Crippen LogP contribution in [0.4, 0.5) is 13.2 Å². The highest BCUT2D eigenvalue weighted by Gasteiger charge is 2.52. The number of rotatable bonds is 7. The summed E-state index contributed by atoms with van der Waals surface area (Å²) in [6, 6.07) is 4.04. The minimum atomic E-state index is -4.83. The van der Waals surface area contributed by atoms with E-state index in [9.17, 15) is 18.3 Å². The normalized spacial score (nSPS) is 19.9. The summed E-state index contributed by atoms with van der Waals surface area (Å²) in [6.07, 6.45) is -2.31. The smallest absolute Gasteiger partial charge is 0.404 e. The van der Waals surface area contributed by atoms with Crippen molar-refractivity contribution in [2.45, 2.75) is 44.9 Å². The minimum Gasteiger partial charge on any atom is -0.404 e. The first-order valence-electron chi connectivity index (χ1n) is 8.78. The number of hydrogen-bond acceptors (Lipinski definition) is 6. The van der Waals surface area contributed by atoms with Crippen LogP contribution in [0.2, 0.25) is 5.02 Å². The predicted molar refractivity (Wildman–Crippen MR) is 96.3 cm³/mol. The first kappa shape index (κ1) is 21.8. The third kappa shape index (κ3) is 5.00. The zero-order chi connectivity index (χ0) is 21.3. The Bertz CT molecular complexity index is 826. The lowest BCUT2D eigenvalue weighted by molar-refractivity contribution is -0.274. The van der Waals surface area contributed by atoms with E-state index in [-0.39, 0.29) is 25.0 Å². The average Bonchev–Trinajstić information content (AvgIpc) is 3.29. The van der Waals surface area contributed by atoms with Gasteiger partial charge in [-0.15, -0.1) is 13.2 Å². The Kier molecular flexibility index (Phi) is 6.09. The van der Waals surface area contributed by atoms with Gasteiger partial charge in [-0.2, -0.15) is 5.10 Å². The summed E-state index contributed by atoms with van der Waals surface area (Å²) >= 11 is 5.97. The predicted octanol–water partition coefficient (Wildman–Crippen LogP) is 3.20. The molecule has 160 valence electrons. The summed E-state index contributed by atoms with van der Waals surface area (Å²) in [5.41, 5.74) is -1.58. The highest BCUT2D eigenvalue weighted by atomic mass is 35.5. The van der Waals surface area contributed by atoms with Gasteiger partial charge in [0, 0.05) is 5.41 Å². The number of aromatic nitrogens is 3. The Balaban J connectivity index is 1.85. The second-order valence-corrected chi connectivity index (χ2v) is 7.94. The van der Waals surface area contributed by atoms with E-state index in [4.69, 9.17) is 21.1 Å². The molecule has 29 heavy (non-hydrogen) atoms. The standard InChI is InChI=1S/C18H21ClF3N3O4/c1-16(2,6-12-3-4-14(13(19)5-12)29-18(20,21)22)17(26,15-7-27-11-28-15)8-25-10-23-9-24-25/h3-5,9-10,15,26H,6-8,11H2,1-2H3. The van der Waals surface area contributed by atoms with Crippen molar-refractivity contribution in [3.05, 3.63) is 41.4 Å². The molecule has 2 atom stereocenters. The van der Waals surface area contributed by atoms with Crippen molar-refractivity contribution in [2.75, 3.05) is 13.4 Å². The molecular weight excluding hydrogens is 415 g/mol. The maximum absolute atomic E-state index is 12.4. The number of alkyl halides is 3. The van der Waals surface area contributed by atoms with E-state index in [1.807, 2.05) is 13.8 Å². The highest BCUT2D eigenvalue weighted by molar-refractivity contribution is 6.32. The minimum absolute atomic E-state index is 0.0652. The molecule has 0 saturated carbocycles. The molecule has 3 rings (SSSR count). The second kappa shape index (κ2) is 8.10. The number of aliphatic hydroxyl groups is 1. The summed E-state index contributed by atoms with van der Waals surface area (Å²) in [6.45, 7) is 4.03. The molecule has 1 N–H and O–H groups in total. The maximum atomic E-state index is 12.4. The third-order valence-corrected chi connectivity index (χ3v) is 5.36. The van der Waals surface area contributed by atoms with Crippen molar-refractivity contribution >= 4 is 11.6 Å². The van der Waals surface area contributed by atoms with E-state index < -0.39 is 29.2 Å². The Hall–Kier alpha value is -1.88. The van der Waals surface area contributed by atoms with E-state index in [2.05, 4.69) is 14.8 Å². The highest BCUT2D eigenvalue weighted by Crippen LogP contribution is 2.42. The van der Waals surface area contributed by atoms with Gasteiger partial charge in [-0.25, -0.2) is 9.67 Å². The molecule has 0 radical (unpaired) electrons. The van der Waals surface area contributed by atoms with Crippen LogP contribution >= 0.6 is 11.6 Å². The Morgan fingerprint density at radius 1 is 1.34 bits per heavy atom. The second-order valence-electron chi connectivity index (χ2n) is 7.53. The van der Waals surface area contributed by atoms with Crippen LogP contribution in [0.15, 0.2) is 30.9 Å². The van der Waals surface area contributed by atoms with Gasteiger partial charge in [0.2, 0.25) is 0 Å². The number of benzene rings is 1. The van der Waals surface area contributed by atoms with Gasteiger partial charge in [0.15, 0.2) is 0 Å². The molecule has 7 nitrogen and oxygen atoms in total. The zero-order valence-corrected chi connectivity index (χ0v) is 16.6. The van der Waals surface area contributed by atoms with Crippen LogP contribution in [-0.2, 0) is 22.4 Å². The average molecular weight is 436 g/mol. The fraction of sp³-hybridized carbons (Fsp3) is 0.556. The lowest BCUT2D eigenvalue weighted by Gasteiger charge is -2.45. The van der Waals surface area contributed by atoms with Gasteiger partial charge in [0.1, 0.15) is 36.9 Å². The number of ether oxygens (including phenoxy) is 3. The van der Waals surface area contributed by atoms with Gasteiger partial charge in [0.05, 0.1) is 18.2 Å². The van der Waals surface area contributed by atoms with Crippen molar-refractivity contribution < 1.29 is 32.5 Å². The van der Waals surface area contributed by atoms with E-state index in [1.165, 1.54) is 29.5 Å². The van der Waals surface area contributed by atoms with Crippen LogP contribution in [0, 0.1) is 5.41 Å². The topological polar surface area (TPSA) is 78.6 Å². The van der Waals surface area contributed by atoms with Crippen molar-refractivity contribution in [3.8, 4) is 5.75 Å². The van der Waals surface area contributed by atoms with Crippen LogP contribution in [-0.4, -0.2) is 51.3 Å². The van der Waals surface area contributed by atoms with Gasteiger partial charge in [-0.05, 0) is 24.1 Å². The van der Waals surface area contributed by atoms with Crippen LogP contribution in [0.5, 0.6) is 5.75 Å². The van der Waals surface area contributed by atoms with E-state index in [0.29, 0.717) is 12.0 Å². The van der Waals surface area contributed by atoms with Crippen LogP contribution < -0.4 is 4.74 Å². The zero-order valence-electron chi connectivity index (χ0n) is 15.8. The quantitative estimate of drug-likeness (QED) is 0.719. The van der Waals surface area contributed by atoms with Crippen LogP contribution in [0.1, 0.15) is 19.4 Å². The van der Waals surface area contributed by atoms with Gasteiger partial charge >= 0.3 is 6.36 Å². The molecule has 0 bridgehead atoms. The fourth-order valence-corrected chi connectivity index (χ4v) is 3.69. The Labute approximate surface area is 170 Å². The monoisotopic (exact) mass is 435 g/mol. The fourth-order valence-electron chi connectivity index (χ4n) is 3.45. The molecule has 1 aromatic carbocycles. The van der Waals surface area contributed by atoms with Gasteiger partial charge in [0.25, 0.3) is 0 Å². The molecule has 1 aliphatic rings. The Morgan fingerprint density at radius 2 is 2.10 bits per heavy atom. The Morgan fingerprint density at radius 3 is 2.66 bits per heavy atom. The molecule has 1 fully saturated rings. The summed E-state index contributed by atoms with van der Waals surface area (Å²) in [5.74, 6) is -0.480.